The summed E-state index contributed by atoms with van der Waals surface area (Å²) in [6.45, 7) is 3.84. The van der Waals surface area contributed by atoms with E-state index in [2.05, 4.69) is 38.8 Å². The second kappa shape index (κ2) is 8.53. The van der Waals surface area contributed by atoms with Gasteiger partial charge in [0.05, 0.1) is 18.3 Å². The van der Waals surface area contributed by atoms with Crippen LogP contribution in [-0.2, 0) is 0 Å². The van der Waals surface area contributed by atoms with Gasteiger partial charge in [0.2, 0.25) is 0 Å². The molecular weight excluding hydrogens is 460 g/mol. The zero-order valence-electron chi connectivity index (χ0n) is 16.2. The second-order valence-corrected chi connectivity index (χ2v) is 9.05. The van der Waals surface area contributed by atoms with E-state index in [1.54, 1.807) is 19.2 Å². The van der Waals surface area contributed by atoms with E-state index in [1.165, 1.54) is 18.1 Å². The van der Waals surface area contributed by atoms with Gasteiger partial charge in [-0.2, -0.15) is 0 Å². The van der Waals surface area contributed by atoms with E-state index in [-0.39, 0.29) is 5.56 Å². The maximum atomic E-state index is 13.5. The Labute approximate surface area is 181 Å². The fourth-order valence-corrected chi connectivity index (χ4v) is 4.87. The largest absolute Gasteiger partial charge is 0.495 e. The highest BCUT2D eigenvalue weighted by atomic mass is 79.9. The smallest absolute Gasteiger partial charge is 0.265 e. The minimum absolute atomic E-state index is 0.0489. The molecule has 0 amide bonds. The quantitative estimate of drug-likeness (QED) is 0.468. The lowest BCUT2D eigenvalue weighted by molar-refractivity contribution is 0.153. The van der Waals surface area contributed by atoms with Gasteiger partial charge in [-0.25, -0.2) is 8.78 Å². The Morgan fingerprint density at radius 1 is 1.07 bits per heavy atom. The molecule has 4 nitrogen and oxygen atoms in total. The van der Waals surface area contributed by atoms with Crippen LogP contribution in [0.4, 0.5) is 14.5 Å². The van der Waals surface area contributed by atoms with Crippen LogP contribution in [0.2, 0.25) is 0 Å². The number of alkyl halides is 2. The number of benzene rings is 2. The third-order valence-corrected chi connectivity index (χ3v) is 6.65. The summed E-state index contributed by atoms with van der Waals surface area (Å²) < 4.78 is 35.3. The molecule has 2 heterocycles. The van der Waals surface area contributed by atoms with E-state index in [0.29, 0.717) is 5.39 Å². The molecule has 1 aliphatic heterocycles. The van der Waals surface area contributed by atoms with Gasteiger partial charge in [-0.3, -0.25) is 3.97 Å². The number of hydrogen-bond donors (Lipinski definition) is 0. The van der Waals surface area contributed by atoms with E-state index < -0.39 is 6.43 Å². The van der Waals surface area contributed by atoms with Gasteiger partial charge < -0.3 is 14.5 Å². The molecule has 0 bridgehead atoms. The highest BCUT2D eigenvalue weighted by molar-refractivity contribution is 9.10. The third kappa shape index (κ3) is 4.25. The number of fused-ring (bicyclic) bond motifs is 1. The maximum absolute atomic E-state index is 13.5. The van der Waals surface area contributed by atoms with E-state index in [4.69, 9.17) is 4.74 Å². The van der Waals surface area contributed by atoms with Gasteiger partial charge in [-0.15, -0.1) is 0 Å². The van der Waals surface area contributed by atoms with Crippen molar-refractivity contribution >= 4 is 44.5 Å². The molecule has 4 rings (SSSR count). The van der Waals surface area contributed by atoms with Gasteiger partial charge in [0.1, 0.15) is 5.75 Å². The number of halogens is 3. The number of rotatable bonds is 5. The van der Waals surface area contributed by atoms with Gasteiger partial charge in [-0.05, 0) is 49.3 Å². The molecule has 8 heteroatoms. The first kappa shape index (κ1) is 20.5. The number of hydrogen-bond acceptors (Lipinski definition) is 4. The number of anilines is 1. The minimum atomic E-state index is -2.52. The summed E-state index contributed by atoms with van der Waals surface area (Å²) in [5, 5.41) is 0.573. The second-order valence-electron chi connectivity index (χ2n) is 7.09. The molecule has 1 fully saturated rings. The first-order valence-corrected chi connectivity index (χ1v) is 10.9. The van der Waals surface area contributed by atoms with E-state index >= 15 is 0 Å². The lowest BCUT2D eigenvalue weighted by Crippen LogP contribution is -2.44. The monoisotopic (exact) mass is 481 g/mol. The Kier molecular flexibility index (Phi) is 6.03. The van der Waals surface area contributed by atoms with E-state index in [9.17, 15) is 8.78 Å². The standard InChI is InChI=1S/C21H22BrF2N3OS/c1-25-7-9-26(10-8-25)19-12-15(4-6-20(19)28-2)29-27-13-17(21(23)24)16-5-3-14(22)11-18(16)27/h3-6,11-13,21H,7-10H2,1-2H3. The predicted molar refractivity (Wildman–Crippen MR) is 119 cm³/mol. The molecular formula is C21H22BrF2N3OS. The van der Waals surface area contributed by atoms with Crippen LogP contribution in [0.1, 0.15) is 12.0 Å². The van der Waals surface area contributed by atoms with Crippen LogP contribution < -0.4 is 9.64 Å². The lowest BCUT2D eigenvalue weighted by atomic mass is 10.2. The summed E-state index contributed by atoms with van der Waals surface area (Å²) in [5.74, 6) is 0.826. The van der Waals surface area contributed by atoms with Crippen molar-refractivity contribution in [3.8, 4) is 5.75 Å². The molecule has 0 atom stereocenters. The maximum Gasteiger partial charge on any atom is 0.265 e. The summed E-state index contributed by atoms with van der Waals surface area (Å²) in [4.78, 5) is 5.59. The Morgan fingerprint density at radius 3 is 2.52 bits per heavy atom. The molecule has 0 spiro atoms. The van der Waals surface area contributed by atoms with E-state index in [0.717, 1.165) is 52.5 Å². The van der Waals surface area contributed by atoms with Crippen LogP contribution in [0.25, 0.3) is 10.9 Å². The fraction of sp³-hybridized carbons (Fsp3) is 0.333. The molecule has 1 aromatic heterocycles. The Morgan fingerprint density at radius 2 is 1.83 bits per heavy atom. The molecule has 2 aromatic carbocycles. The topological polar surface area (TPSA) is 20.6 Å². The van der Waals surface area contributed by atoms with Crippen molar-refractivity contribution in [2.75, 3.05) is 45.2 Å². The van der Waals surface area contributed by atoms with Crippen LogP contribution in [0.15, 0.2) is 52.0 Å². The number of ether oxygens (including phenoxy) is 1. The molecule has 0 radical (unpaired) electrons. The number of methoxy groups -OCH3 is 1. The van der Waals surface area contributed by atoms with Gasteiger partial charge in [-0.1, -0.05) is 22.0 Å². The number of aromatic nitrogens is 1. The Hall–Kier alpha value is -1.77. The number of nitrogens with zero attached hydrogens (tertiary/aromatic N) is 3. The fourth-order valence-electron chi connectivity index (χ4n) is 3.58. The molecule has 1 aliphatic rings. The first-order chi connectivity index (χ1) is 14.0. The van der Waals surface area contributed by atoms with Gasteiger partial charge >= 0.3 is 0 Å². The summed E-state index contributed by atoms with van der Waals surface area (Å²) in [6, 6.07) is 11.4. The molecule has 0 unspecified atom stereocenters. The molecule has 0 N–H and O–H groups in total. The van der Waals surface area contributed by atoms with Crippen molar-refractivity contribution < 1.29 is 13.5 Å². The number of likely N-dealkylation sites (N-methyl/N-ethyl adjacent to an activating group) is 1. The van der Waals surface area contributed by atoms with Crippen LogP contribution in [-0.4, -0.2) is 49.2 Å². The molecule has 154 valence electrons. The molecule has 0 aliphatic carbocycles. The van der Waals surface area contributed by atoms with Crippen molar-refractivity contribution in [1.29, 1.82) is 0 Å². The van der Waals surface area contributed by atoms with Crippen molar-refractivity contribution in [1.82, 2.24) is 8.87 Å². The summed E-state index contributed by atoms with van der Waals surface area (Å²) in [5.41, 5.74) is 1.85. The highest BCUT2D eigenvalue weighted by Crippen LogP contribution is 2.38. The summed E-state index contributed by atoms with van der Waals surface area (Å²) in [6.07, 6.45) is -0.982. The molecule has 3 aromatic rings. The van der Waals surface area contributed by atoms with Crippen LogP contribution in [0.3, 0.4) is 0 Å². The molecule has 29 heavy (non-hydrogen) atoms. The first-order valence-electron chi connectivity index (χ1n) is 9.35. The highest BCUT2D eigenvalue weighted by Gasteiger charge is 2.20. The van der Waals surface area contributed by atoms with Crippen molar-refractivity contribution in [2.24, 2.45) is 0 Å². The normalized spacial score (nSPS) is 15.4. The predicted octanol–water partition coefficient (Wildman–Crippen LogP) is 5.66. The van der Waals surface area contributed by atoms with Crippen LogP contribution in [0.5, 0.6) is 5.75 Å². The van der Waals surface area contributed by atoms with Gasteiger partial charge in [0.15, 0.2) is 0 Å². The van der Waals surface area contributed by atoms with Gasteiger partial charge in [0, 0.05) is 52.7 Å². The Bertz CT molecular complexity index is 1020. The van der Waals surface area contributed by atoms with Crippen LogP contribution >= 0.6 is 27.9 Å². The van der Waals surface area contributed by atoms with Crippen LogP contribution in [0, 0.1) is 0 Å². The summed E-state index contributed by atoms with van der Waals surface area (Å²) in [7, 11) is 3.80. The molecule has 0 saturated carbocycles. The zero-order chi connectivity index (χ0) is 20.5. The van der Waals surface area contributed by atoms with Gasteiger partial charge in [0.25, 0.3) is 6.43 Å². The number of piperazine rings is 1. The average molecular weight is 482 g/mol. The third-order valence-electron chi connectivity index (χ3n) is 5.20. The SMILES string of the molecule is COc1ccc(Sn2cc(C(F)F)c3ccc(Br)cc32)cc1N1CCN(C)CC1. The molecule has 1 saturated heterocycles. The minimum Gasteiger partial charge on any atom is -0.495 e. The summed E-state index contributed by atoms with van der Waals surface area (Å²) >= 11 is 4.88. The van der Waals surface area contributed by atoms with Crippen molar-refractivity contribution in [3.05, 3.63) is 52.6 Å². The zero-order valence-corrected chi connectivity index (χ0v) is 18.6. The average Bonchev–Trinajstić information content (AvgIpc) is 3.06. The Balaban J connectivity index is 1.70. The lowest BCUT2D eigenvalue weighted by Gasteiger charge is -2.34. The van der Waals surface area contributed by atoms with E-state index in [1.807, 2.05) is 22.2 Å². The van der Waals surface area contributed by atoms with Crippen molar-refractivity contribution in [3.63, 3.8) is 0 Å². The van der Waals surface area contributed by atoms with Crippen molar-refractivity contribution in [2.45, 2.75) is 11.3 Å².